The fraction of sp³-hybridized carbons (Fsp3) is 0.474. The zero-order valence-corrected chi connectivity index (χ0v) is 15.7. The zero-order chi connectivity index (χ0) is 18.4. The van der Waals surface area contributed by atoms with Gasteiger partial charge in [-0.05, 0) is 38.3 Å². The highest BCUT2D eigenvalue weighted by atomic mass is 35.5. The number of ether oxygens (including phenoxy) is 2. The molecule has 0 radical (unpaired) electrons. The van der Waals surface area contributed by atoms with Crippen molar-refractivity contribution in [1.29, 1.82) is 0 Å². The van der Waals surface area contributed by atoms with Crippen LogP contribution in [-0.2, 0) is 9.47 Å². The summed E-state index contributed by atoms with van der Waals surface area (Å²) in [5.74, 6) is -0.214. The SMILES string of the molecule is Cc1nn(-c2ccccc2)c(Cl)c1C(=O)NCCCOCC1CCCO1. The molecule has 0 aliphatic carbocycles. The maximum Gasteiger partial charge on any atom is 0.256 e. The van der Waals surface area contributed by atoms with E-state index in [1.165, 1.54) is 0 Å². The molecule has 26 heavy (non-hydrogen) atoms. The van der Waals surface area contributed by atoms with E-state index in [4.69, 9.17) is 21.1 Å². The van der Waals surface area contributed by atoms with Crippen LogP contribution in [0, 0.1) is 6.92 Å². The van der Waals surface area contributed by atoms with Crippen LogP contribution in [-0.4, -0.2) is 48.2 Å². The Morgan fingerprint density at radius 3 is 2.96 bits per heavy atom. The summed E-state index contributed by atoms with van der Waals surface area (Å²) in [6.45, 7) is 4.36. The summed E-state index contributed by atoms with van der Waals surface area (Å²) >= 11 is 6.40. The minimum atomic E-state index is -0.214. The Hall–Kier alpha value is -1.89. The van der Waals surface area contributed by atoms with Gasteiger partial charge in [0.15, 0.2) is 0 Å². The lowest BCUT2D eigenvalue weighted by atomic mass is 10.2. The van der Waals surface area contributed by atoms with E-state index in [1.54, 1.807) is 11.6 Å². The number of hydrogen-bond donors (Lipinski definition) is 1. The Morgan fingerprint density at radius 1 is 1.42 bits per heavy atom. The van der Waals surface area contributed by atoms with Crippen molar-refractivity contribution in [1.82, 2.24) is 15.1 Å². The van der Waals surface area contributed by atoms with Gasteiger partial charge in [0.2, 0.25) is 0 Å². The molecular formula is C19H24ClN3O3. The quantitative estimate of drug-likeness (QED) is 0.718. The molecule has 1 aromatic carbocycles. The Bertz CT molecular complexity index is 727. The van der Waals surface area contributed by atoms with Gasteiger partial charge < -0.3 is 14.8 Å². The fourth-order valence-corrected chi connectivity index (χ4v) is 3.31. The monoisotopic (exact) mass is 377 g/mol. The van der Waals surface area contributed by atoms with Gasteiger partial charge in [0, 0.05) is 19.8 Å². The number of nitrogens with one attached hydrogen (secondary N) is 1. The second kappa shape index (κ2) is 9.16. The fourth-order valence-electron chi connectivity index (χ4n) is 2.95. The Labute approximate surface area is 158 Å². The van der Waals surface area contributed by atoms with Crippen molar-refractivity contribution in [2.24, 2.45) is 0 Å². The molecule has 2 heterocycles. The molecule has 3 rings (SSSR count). The summed E-state index contributed by atoms with van der Waals surface area (Å²) in [6.07, 6.45) is 3.15. The van der Waals surface area contributed by atoms with Crippen LogP contribution in [0.1, 0.15) is 35.3 Å². The van der Waals surface area contributed by atoms with Crippen LogP contribution < -0.4 is 5.32 Å². The topological polar surface area (TPSA) is 65.4 Å². The predicted molar refractivity (Wildman–Crippen MR) is 100 cm³/mol. The van der Waals surface area contributed by atoms with Crippen molar-refractivity contribution in [3.8, 4) is 5.69 Å². The molecule has 0 bridgehead atoms. The van der Waals surface area contributed by atoms with Gasteiger partial charge in [-0.3, -0.25) is 4.79 Å². The molecule has 0 saturated carbocycles. The van der Waals surface area contributed by atoms with Crippen LogP contribution in [0.15, 0.2) is 30.3 Å². The first-order valence-corrected chi connectivity index (χ1v) is 9.32. The number of rotatable bonds is 8. The molecule has 1 N–H and O–H groups in total. The van der Waals surface area contributed by atoms with Crippen molar-refractivity contribution in [2.75, 3.05) is 26.4 Å². The molecule has 7 heteroatoms. The molecular weight excluding hydrogens is 354 g/mol. The van der Waals surface area contributed by atoms with Crippen LogP contribution in [0.4, 0.5) is 0 Å². The number of carbonyl (C=O) groups is 1. The second-order valence-corrected chi connectivity index (χ2v) is 6.68. The average Bonchev–Trinajstić information content (AvgIpc) is 3.26. The highest BCUT2D eigenvalue weighted by molar-refractivity contribution is 6.33. The number of hydrogen-bond acceptors (Lipinski definition) is 4. The lowest BCUT2D eigenvalue weighted by Crippen LogP contribution is -2.26. The summed E-state index contributed by atoms with van der Waals surface area (Å²) in [6, 6.07) is 9.51. The van der Waals surface area contributed by atoms with Gasteiger partial charge >= 0.3 is 0 Å². The van der Waals surface area contributed by atoms with Crippen molar-refractivity contribution >= 4 is 17.5 Å². The average molecular weight is 378 g/mol. The molecule has 140 valence electrons. The summed E-state index contributed by atoms with van der Waals surface area (Å²) in [5.41, 5.74) is 1.84. The third kappa shape index (κ3) is 4.63. The highest BCUT2D eigenvalue weighted by Gasteiger charge is 2.20. The number of nitrogens with zero attached hydrogens (tertiary/aromatic N) is 2. The van der Waals surface area contributed by atoms with E-state index in [1.807, 2.05) is 30.3 Å². The molecule has 1 aliphatic heterocycles. The molecule has 1 fully saturated rings. The molecule has 1 unspecified atom stereocenters. The molecule has 1 atom stereocenters. The third-order valence-corrected chi connectivity index (χ3v) is 4.66. The van der Waals surface area contributed by atoms with Crippen molar-refractivity contribution in [3.63, 3.8) is 0 Å². The Balaban J connectivity index is 1.48. The first-order chi connectivity index (χ1) is 12.7. The minimum Gasteiger partial charge on any atom is -0.379 e. The number of amides is 1. The van der Waals surface area contributed by atoms with Crippen molar-refractivity contribution < 1.29 is 14.3 Å². The molecule has 6 nitrogen and oxygen atoms in total. The van der Waals surface area contributed by atoms with E-state index >= 15 is 0 Å². The predicted octanol–water partition coefficient (Wildman–Crippen LogP) is 3.15. The van der Waals surface area contributed by atoms with Gasteiger partial charge in [-0.1, -0.05) is 29.8 Å². The van der Waals surface area contributed by atoms with Gasteiger partial charge in [0.25, 0.3) is 5.91 Å². The largest absolute Gasteiger partial charge is 0.379 e. The summed E-state index contributed by atoms with van der Waals surface area (Å²) < 4.78 is 12.7. The maximum absolute atomic E-state index is 12.5. The van der Waals surface area contributed by atoms with Crippen LogP contribution in [0.3, 0.4) is 0 Å². The van der Waals surface area contributed by atoms with Gasteiger partial charge in [-0.15, -0.1) is 0 Å². The molecule has 1 aromatic heterocycles. The normalized spacial score (nSPS) is 16.8. The number of aromatic nitrogens is 2. The Morgan fingerprint density at radius 2 is 2.23 bits per heavy atom. The van der Waals surface area contributed by atoms with Crippen LogP contribution >= 0.6 is 11.6 Å². The molecule has 2 aromatic rings. The number of benzene rings is 1. The highest BCUT2D eigenvalue weighted by Crippen LogP contribution is 2.23. The van der Waals surface area contributed by atoms with Gasteiger partial charge in [-0.2, -0.15) is 5.10 Å². The number of carbonyl (C=O) groups excluding carboxylic acids is 1. The minimum absolute atomic E-state index is 0.214. The molecule has 1 amide bonds. The smallest absolute Gasteiger partial charge is 0.256 e. The van der Waals surface area contributed by atoms with Crippen molar-refractivity contribution in [3.05, 3.63) is 46.7 Å². The first-order valence-electron chi connectivity index (χ1n) is 8.95. The number of para-hydroxylation sites is 1. The summed E-state index contributed by atoms with van der Waals surface area (Å²) in [5, 5.41) is 7.59. The van der Waals surface area contributed by atoms with Gasteiger partial charge in [-0.25, -0.2) is 4.68 Å². The van der Waals surface area contributed by atoms with Gasteiger partial charge in [0.05, 0.1) is 29.7 Å². The lowest BCUT2D eigenvalue weighted by Gasteiger charge is -2.10. The Kier molecular flexibility index (Phi) is 6.66. The summed E-state index contributed by atoms with van der Waals surface area (Å²) in [7, 11) is 0. The molecule has 1 aliphatic rings. The standard InChI is InChI=1S/C19H24ClN3O3/c1-14-17(18(20)23(22-14)15-7-3-2-4-8-15)19(24)21-10-6-11-25-13-16-9-5-12-26-16/h2-4,7-8,16H,5-6,9-13H2,1H3,(H,21,24). The third-order valence-electron chi connectivity index (χ3n) is 4.31. The van der Waals surface area contributed by atoms with Crippen LogP contribution in [0.5, 0.6) is 0 Å². The van der Waals surface area contributed by atoms with Crippen LogP contribution in [0.25, 0.3) is 5.69 Å². The van der Waals surface area contributed by atoms with Crippen LogP contribution in [0.2, 0.25) is 5.15 Å². The zero-order valence-electron chi connectivity index (χ0n) is 14.9. The summed E-state index contributed by atoms with van der Waals surface area (Å²) in [4.78, 5) is 12.5. The second-order valence-electron chi connectivity index (χ2n) is 6.32. The van der Waals surface area contributed by atoms with E-state index in [0.29, 0.717) is 36.2 Å². The number of halogens is 1. The number of aryl methyl sites for hydroxylation is 1. The lowest BCUT2D eigenvalue weighted by molar-refractivity contribution is 0.0166. The van der Waals surface area contributed by atoms with Gasteiger partial charge in [0.1, 0.15) is 5.15 Å². The van der Waals surface area contributed by atoms with E-state index in [9.17, 15) is 4.79 Å². The van der Waals surface area contributed by atoms with E-state index in [0.717, 1.165) is 31.6 Å². The van der Waals surface area contributed by atoms with E-state index < -0.39 is 0 Å². The first kappa shape index (κ1) is 18.9. The molecule has 0 spiro atoms. The van der Waals surface area contributed by atoms with E-state index in [2.05, 4.69) is 10.4 Å². The molecule has 1 saturated heterocycles. The maximum atomic E-state index is 12.5. The van der Waals surface area contributed by atoms with Crippen molar-refractivity contribution in [2.45, 2.75) is 32.3 Å². The van der Waals surface area contributed by atoms with E-state index in [-0.39, 0.29) is 12.0 Å².